The molecule has 5 rings (SSSR count). The SMILES string of the molecule is CN(C)c1nc(CCCC2CCC(CNCc3sc4ccccc4c3Cl)CC2)nc2ccccc12. The molecule has 0 aliphatic heterocycles. The lowest BCUT2D eigenvalue weighted by atomic mass is 9.80. The van der Waals surface area contributed by atoms with Crippen molar-refractivity contribution in [3.05, 3.63) is 64.3 Å². The minimum atomic E-state index is 0.783. The first-order chi connectivity index (χ1) is 17.1. The average molecular weight is 507 g/mol. The van der Waals surface area contributed by atoms with Crippen LogP contribution in [0.5, 0.6) is 0 Å². The fraction of sp³-hybridized carbons (Fsp3) is 0.448. The summed E-state index contributed by atoms with van der Waals surface area (Å²) in [6, 6.07) is 16.7. The number of nitrogens with one attached hydrogen (secondary N) is 1. The van der Waals surface area contributed by atoms with Gasteiger partial charge in [0.15, 0.2) is 0 Å². The Morgan fingerprint density at radius 2 is 1.66 bits per heavy atom. The molecule has 2 aromatic heterocycles. The third-order valence-corrected chi connectivity index (χ3v) is 9.07. The summed E-state index contributed by atoms with van der Waals surface area (Å²) in [5.74, 6) is 3.63. The number of aromatic nitrogens is 2. The van der Waals surface area contributed by atoms with Crippen LogP contribution in [0.4, 0.5) is 5.82 Å². The van der Waals surface area contributed by atoms with Crippen LogP contribution in [0, 0.1) is 11.8 Å². The zero-order valence-electron chi connectivity index (χ0n) is 20.8. The Labute approximate surface area is 217 Å². The summed E-state index contributed by atoms with van der Waals surface area (Å²) in [7, 11) is 4.12. The number of nitrogens with zero attached hydrogens (tertiary/aromatic N) is 3. The van der Waals surface area contributed by atoms with Gasteiger partial charge in [0.2, 0.25) is 0 Å². The Balaban J connectivity index is 1.05. The molecule has 1 saturated carbocycles. The molecule has 1 aliphatic rings. The average Bonchev–Trinajstić information content (AvgIpc) is 3.20. The van der Waals surface area contributed by atoms with E-state index in [0.717, 1.165) is 58.9 Å². The molecule has 1 N–H and O–H groups in total. The lowest BCUT2D eigenvalue weighted by Crippen LogP contribution is -2.26. The highest BCUT2D eigenvalue weighted by atomic mass is 35.5. The van der Waals surface area contributed by atoms with E-state index in [4.69, 9.17) is 21.6 Å². The van der Waals surface area contributed by atoms with Crippen LogP contribution in [0.15, 0.2) is 48.5 Å². The van der Waals surface area contributed by atoms with Crippen LogP contribution in [-0.2, 0) is 13.0 Å². The topological polar surface area (TPSA) is 41.1 Å². The van der Waals surface area contributed by atoms with E-state index in [2.05, 4.69) is 72.8 Å². The number of thiophene rings is 1. The van der Waals surface area contributed by atoms with Gasteiger partial charge in [0.1, 0.15) is 11.6 Å². The molecule has 35 heavy (non-hydrogen) atoms. The zero-order valence-corrected chi connectivity index (χ0v) is 22.3. The number of hydrogen-bond donors (Lipinski definition) is 1. The first-order valence-corrected chi connectivity index (χ1v) is 14.1. The largest absolute Gasteiger partial charge is 0.362 e. The number of benzene rings is 2. The minimum Gasteiger partial charge on any atom is -0.362 e. The third-order valence-electron chi connectivity index (χ3n) is 7.35. The van der Waals surface area contributed by atoms with Crippen molar-refractivity contribution in [3.63, 3.8) is 0 Å². The van der Waals surface area contributed by atoms with E-state index in [0.29, 0.717) is 0 Å². The van der Waals surface area contributed by atoms with Crippen LogP contribution in [-0.4, -0.2) is 30.6 Å². The highest BCUT2D eigenvalue weighted by Gasteiger charge is 2.21. The molecule has 0 saturated heterocycles. The Morgan fingerprint density at radius 1 is 0.943 bits per heavy atom. The zero-order chi connectivity index (χ0) is 24.2. The number of aryl methyl sites for hydroxylation is 1. The predicted octanol–water partition coefficient (Wildman–Crippen LogP) is 7.48. The van der Waals surface area contributed by atoms with Gasteiger partial charge in [-0.1, -0.05) is 61.2 Å². The van der Waals surface area contributed by atoms with Crippen molar-refractivity contribution in [2.45, 2.75) is 51.5 Å². The van der Waals surface area contributed by atoms with Crippen molar-refractivity contribution in [2.75, 3.05) is 25.5 Å². The van der Waals surface area contributed by atoms with Crippen molar-refractivity contribution in [1.82, 2.24) is 15.3 Å². The Morgan fingerprint density at radius 3 is 2.43 bits per heavy atom. The fourth-order valence-electron chi connectivity index (χ4n) is 5.40. The van der Waals surface area contributed by atoms with Crippen LogP contribution in [0.2, 0.25) is 5.02 Å². The number of rotatable bonds is 9. The van der Waals surface area contributed by atoms with E-state index in [1.165, 1.54) is 53.5 Å². The van der Waals surface area contributed by atoms with Gasteiger partial charge in [-0.05, 0) is 55.8 Å². The Hall–Kier alpha value is -2.21. The smallest absolute Gasteiger partial charge is 0.139 e. The lowest BCUT2D eigenvalue weighted by molar-refractivity contribution is 0.254. The third kappa shape index (κ3) is 5.79. The minimum absolute atomic E-state index is 0.783. The summed E-state index contributed by atoms with van der Waals surface area (Å²) in [5, 5.41) is 6.92. The predicted molar refractivity (Wildman–Crippen MR) is 151 cm³/mol. The molecule has 0 radical (unpaired) electrons. The summed E-state index contributed by atoms with van der Waals surface area (Å²) in [4.78, 5) is 13.1. The van der Waals surface area contributed by atoms with Crippen molar-refractivity contribution in [3.8, 4) is 0 Å². The first-order valence-electron chi connectivity index (χ1n) is 12.9. The van der Waals surface area contributed by atoms with Crippen LogP contribution in [0.25, 0.3) is 21.0 Å². The van der Waals surface area contributed by atoms with Crippen LogP contribution >= 0.6 is 22.9 Å². The normalized spacial score (nSPS) is 18.4. The van der Waals surface area contributed by atoms with E-state index in [9.17, 15) is 0 Å². The molecule has 1 fully saturated rings. The van der Waals surface area contributed by atoms with Gasteiger partial charge in [-0.15, -0.1) is 11.3 Å². The van der Waals surface area contributed by atoms with Crippen molar-refractivity contribution in [2.24, 2.45) is 11.8 Å². The molecule has 1 aliphatic carbocycles. The van der Waals surface area contributed by atoms with Gasteiger partial charge in [0.05, 0.1) is 10.5 Å². The van der Waals surface area contributed by atoms with Crippen LogP contribution < -0.4 is 10.2 Å². The van der Waals surface area contributed by atoms with Gasteiger partial charge in [-0.3, -0.25) is 0 Å². The molecule has 2 aromatic carbocycles. The summed E-state index contributed by atoms with van der Waals surface area (Å²) < 4.78 is 1.28. The highest BCUT2D eigenvalue weighted by molar-refractivity contribution is 7.19. The van der Waals surface area contributed by atoms with E-state index in [-0.39, 0.29) is 0 Å². The second-order valence-electron chi connectivity index (χ2n) is 10.1. The molecule has 0 amide bonds. The molecule has 4 aromatic rings. The molecule has 0 bridgehead atoms. The number of halogens is 1. The van der Waals surface area contributed by atoms with Gasteiger partial charge >= 0.3 is 0 Å². The van der Waals surface area contributed by atoms with E-state index >= 15 is 0 Å². The number of anilines is 1. The van der Waals surface area contributed by atoms with Gasteiger partial charge in [0, 0.05) is 47.4 Å². The maximum absolute atomic E-state index is 6.60. The van der Waals surface area contributed by atoms with Crippen molar-refractivity contribution >= 4 is 49.7 Å². The van der Waals surface area contributed by atoms with Gasteiger partial charge in [-0.2, -0.15) is 0 Å². The van der Waals surface area contributed by atoms with E-state index in [1.807, 2.05) is 11.3 Å². The lowest BCUT2D eigenvalue weighted by Gasteiger charge is -2.28. The Kier molecular flexibility index (Phi) is 7.86. The molecule has 184 valence electrons. The van der Waals surface area contributed by atoms with Gasteiger partial charge < -0.3 is 10.2 Å². The summed E-state index contributed by atoms with van der Waals surface area (Å²) in [5.41, 5.74) is 1.05. The summed E-state index contributed by atoms with van der Waals surface area (Å²) in [6.07, 6.45) is 8.76. The van der Waals surface area contributed by atoms with E-state index < -0.39 is 0 Å². The molecule has 0 atom stereocenters. The number of para-hydroxylation sites is 1. The molecular weight excluding hydrogens is 472 g/mol. The highest BCUT2D eigenvalue weighted by Crippen LogP contribution is 2.35. The van der Waals surface area contributed by atoms with Crippen LogP contribution in [0.1, 0.15) is 49.2 Å². The second-order valence-corrected chi connectivity index (χ2v) is 11.6. The van der Waals surface area contributed by atoms with Crippen molar-refractivity contribution in [1.29, 1.82) is 0 Å². The van der Waals surface area contributed by atoms with Gasteiger partial charge in [0.25, 0.3) is 0 Å². The second kappa shape index (κ2) is 11.2. The fourth-order valence-corrected chi connectivity index (χ4v) is 6.87. The quantitative estimate of drug-likeness (QED) is 0.255. The molecule has 2 heterocycles. The monoisotopic (exact) mass is 506 g/mol. The Bertz CT molecular complexity index is 1280. The number of fused-ring (bicyclic) bond motifs is 2. The molecule has 0 spiro atoms. The van der Waals surface area contributed by atoms with Crippen LogP contribution in [0.3, 0.4) is 0 Å². The first kappa shape index (κ1) is 24.5. The molecule has 6 heteroatoms. The number of hydrogen-bond acceptors (Lipinski definition) is 5. The summed E-state index contributed by atoms with van der Waals surface area (Å²) >= 11 is 8.42. The van der Waals surface area contributed by atoms with E-state index in [1.54, 1.807) is 0 Å². The van der Waals surface area contributed by atoms with Gasteiger partial charge in [-0.25, -0.2) is 9.97 Å². The molecule has 0 unspecified atom stereocenters. The molecular formula is C29H35ClN4S. The molecule has 4 nitrogen and oxygen atoms in total. The maximum atomic E-state index is 6.60. The van der Waals surface area contributed by atoms with Crippen molar-refractivity contribution < 1.29 is 0 Å². The standard InChI is InChI=1S/C29H35ClN4S/c1-34(2)29-22-9-3-5-11-24(22)32-27(33-29)13-7-8-20-14-16-21(17-15-20)18-31-19-26-28(30)23-10-4-6-12-25(23)35-26/h3-6,9-12,20-21,31H,7-8,13-19H2,1-2H3. The maximum Gasteiger partial charge on any atom is 0.139 e. The summed E-state index contributed by atoms with van der Waals surface area (Å²) in [6.45, 7) is 1.97.